The smallest absolute Gasteiger partial charge is 0.246 e. The molecule has 2 aliphatic heterocycles. The van der Waals surface area contributed by atoms with Gasteiger partial charge in [-0.25, -0.2) is 0 Å². The topological polar surface area (TPSA) is 60.0 Å². The van der Waals surface area contributed by atoms with E-state index in [-0.39, 0.29) is 12.7 Å². The number of carbonyl (C=O) groups is 1. The van der Waals surface area contributed by atoms with E-state index < -0.39 is 6.04 Å². The van der Waals surface area contributed by atoms with Crippen molar-refractivity contribution in [1.29, 1.82) is 0 Å². The first-order valence-corrected chi connectivity index (χ1v) is 9.07. The first-order chi connectivity index (χ1) is 13.0. The second-order valence-corrected chi connectivity index (χ2v) is 7.14. The molecule has 0 bridgehead atoms. The summed E-state index contributed by atoms with van der Waals surface area (Å²) >= 11 is 0. The van der Waals surface area contributed by atoms with Gasteiger partial charge in [0.1, 0.15) is 6.04 Å². The van der Waals surface area contributed by atoms with E-state index in [1.165, 1.54) is 5.56 Å². The Balaban J connectivity index is 1.73. The molecule has 0 saturated heterocycles. The van der Waals surface area contributed by atoms with Crippen LogP contribution in [0.2, 0.25) is 0 Å². The Kier molecular flexibility index (Phi) is 4.44. The third kappa shape index (κ3) is 3.00. The lowest BCUT2D eigenvalue weighted by Gasteiger charge is -2.34. The number of likely N-dealkylation sites (N-methyl/N-ethyl adjacent to an activating group) is 1. The molecule has 0 spiro atoms. The van der Waals surface area contributed by atoms with Gasteiger partial charge in [0.2, 0.25) is 18.4 Å². The van der Waals surface area contributed by atoms with Gasteiger partial charge in [-0.15, -0.1) is 0 Å². The predicted octanol–water partition coefficient (Wildman–Crippen LogP) is 3.21. The maximum absolute atomic E-state index is 13.2. The molecule has 2 aliphatic rings. The van der Waals surface area contributed by atoms with Crippen molar-refractivity contribution < 1.29 is 19.0 Å². The third-order valence-electron chi connectivity index (χ3n) is 5.42. The fraction of sp³-hybridized carbons (Fsp3) is 0.381. The molecule has 2 heterocycles. The minimum Gasteiger partial charge on any atom is -0.492 e. The molecule has 6 heteroatoms. The second-order valence-electron chi connectivity index (χ2n) is 7.14. The molecule has 142 valence electrons. The average molecular weight is 368 g/mol. The number of nitrogens with zero attached hydrogens (tertiary/aromatic N) is 1. The lowest BCUT2D eigenvalue weighted by Crippen LogP contribution is -2.40. The molecule has 0 unspecified atom stereocenters. The number of hydrogen-bond donors (Lipinski definition) is 1. The van der Waals surface area contributed by atoms with Crippen molar-refractivity contribution in [2.24, 2.45) is 0 Å². The SMILES string of the molecule is COc1c2c(cc3c1[C@H](C(=O)Nc1ccc(C)c(C)c1)N(C)CC3)OCO2. The summed E-state index contributed by atoms with van der Waals surface area (Å²) in [5, 5.41) is 3.06. The zero-order valence-electron chi connectivity index (χ0n) is 16.1. The van der Waals surface area contributed by atoms with Crippen LogP contribution < -0.4 is 19.5 Å². The number of fused-ring (bicyclic) bond motifs is 2. The quantitative estimate of drug-likeness (QED) is 0.902. The predicted molar refractivity (Wildman–Crippen MR) is 103 cm³/mol. The second kappa shape index (κ2) is 6.78. The van der Waals surface area contributed by atoms with Crippen molar-refractivity contribution >= 4 is 11.6 Å². The number of anilines is 1. The largest absolute Gasteiger partial charge is 0.492 e. The maximum Gasteiger partial charge on any atom is 0.246 e. The number of ether oxygens (including phenoxy) is 3. The van der Waals surface area contributed by atoms with Crippen molar-refractivity contribution in [1.82, 2.24) is 4.90 Å². The minimum atomic E-state index is -0.459. The number of hydrogen-bond acceptors (Lipinski definition) is 5. The molecule has 1 atom stereocenters. The molecule has 4 rings (SSSR count). The first-order valence-electron chi connectivity index (χ1n) is 9.07. The van der Waals surface area contributed by atoms with Crippen LogP contribution in [0.15, 0.2) is 24.3 Å². The van der Waals surface area contributed by atoms with Gasteiger partial charge in [0.25, 0.3) is 0 Å². The number of aryl methyl sites for hydroxylation is 2. The van der Waals surface area contributed by atoms with E-state index in [0.717, 1.165) is 35.3 Å². The van der Waals surface area contributed by atoms with Crippen LogP contribution in [0.4, 0.5) is 5.69 Å². The molecule has 0 fully saturated rings. The van der Waals surface area contributed by atoms with Crippen molar-refractivity contribution in [3.05, 3.63) is 46.5 Å². The van der Waals surface area contributed by atoms with Crippen molar-refractivity contribution in [2.75, 3.05) is 32.8 Å². The van der Waals surface area contributed by atoms with E-state index in [4.69, 9.17) is 14.2 Å². The molecular formula is C21H24N2O4. The van der Waals surface area contributed by atoms with Gasteiger partial charge in [-0.3, -0.25) is 9.69 Å². The van der Waals surface area contributed by atoms with E-state index in [2.05, 4.69) is 12.2 Å². The molecule has 2 aromatic carbocycles. The van der Waals surface area contributed by atoms with E-state index in [1.807, 2.05) is 43.1 Å². The van der Waals surface area contributed by atoms with Crippen LogP contribution in [0.25, 0.3) is 0 Å². The van der Waals surface area contributed by atoms with Crippen molar-refractivity contribution in [3.63, 3.8) is 0 Å². The Morgan fingerprint density at radius 3 is 2.78 bits per heavy atom. The van der Waals surface area contributed by atoms with Crippen LogP contribution in [0.5, 0.6) is 17.2 Å². The van der Waals surface area contributed by atoms with E-state index >= 15 is 0 Å². The van der Waals surface area contributed by atoms with Crippen molar-refractivity contribution in [3.8, 4) is 17.2 Å². The number of amides is 1. The Morgan fingerprint density at radius 1 is 1.22 bits per heavy atom. The summed E-state index contributed by atoms with van der Waals surface area (Å²) in [6.45, 7) is 5.04. The molecule has 1 amide bonds. The lowest BCUT2D eigenvalue weighted by molar-refractivity contribution is -0.121. The van der Waals surface area contributed by atoms with Gasteiger partial charge in [-0.05, 0) is 62.2 Å². The van der Waals surface area contributed by atoms with Gasteiger partial charge >= 0.3 is 0 Å². The molecule has 6 nitrogen and oxygen atoms in total. The maximum atomic E-state index is 13.2. The first kappa shape index (κ1) is 17.7. The fourth-order valence-electron chi connectivity index (χ4n) is 3.79. The van der Waals surface area contributed by atoms with Gasteiger partial charge < -0.3 is 19.5 Å². The van der Waals surface area contributed by atoms with Gasteiger partial charge in [0.15, 0.2) is 11.5 Å². The highest BCUT2D eigenvalue weighted by molar-refractivity contribution is 5.97. The number of methoxy groups -OCH3 is 1. The normalized spacial score (nSPS) is 18.1. The van der Waals surface area contributed by atoms with Crippen LogP contribution in [0.3, 0.4) is 0 Å². The van der Waals surface area contributed by atoms with Gasteiger partial charge in [-0.2, -0.15) is 0 Å². The zero-order chi connectivity index (χ0) is 19.1. The molecule has 2 aromatic rings. The zero-order valence-corrected chi connectivity index (χ0v) is 16.1. The van der Waals surface area contributed by atoms with E-state index in [9.17, 15) is 4.79 Å². The van der Waals surface area contributed by atoms with Crippen LogP contribution in [0.1, 0.15) is 28.3 Å². The van der Waals surface area contributed by atoms with Gasteiger partial charge in [-0.1, -0.05) is 6.07 Å². The van der Waals surface area contributed by atoms with Gasteiger partial charge in [0, 0.05) is 17.8 Å². The third-order valence-corrected chi connectivity index (χ3v) is 5.42. The number of rotatable bonds is 3. The molecule has 27 heavy (non-hydrogen) atoms. The molecule has 0 aliphatic carbocycles. The Morgan fingerprint density at radius 2 is 2.04 bits per heavy atom. The highest BCUT2D eigenvalue weighted by Crippen LogP contribution is 2.49. The summed E-state index contributed by atoms with van der Waals surface area (Å²) in [5.41, 5.74) is 5.06. The number of benzene rings is 2. The standard InChI is InChI=1S/C21H24N2O4/c1-12-5-6-15(9-13(12)2)22-21(24)18-17-14(7-8-23(18)3)10-16-19(20(17)25-4)27-11-26-16/h5-6,9-10,18H,7-8,11H2,1-4H3,(H,22,24)/t18-/m1/s1. The monoisotopic (exact) mass is 368 g/mol. The molecule has 1 N–H and O–H groups in total. The van der Waals surface area contributed by atoms with E-state index in [1.54, 1.807) is 7.11 Å². The summed E-state index contributed by atoms with van der Waals surface area (Å²) in [5.74, 6) is 1.77. The summed E-state index contributed by atoms with van der Waals surface area (Å²) in [4.78, 5) is 15.3. The molecular weight excluding hydrogens is 344 g/mol. The average Bonchev–Trinajstić information content (AvgIpc) is 3.11. The summed E-state index contributed by atoms with van der Waals surface area (Å²) in [6, 6.07) is 7.46. The Hall–Kier alpha value is -2.73. The van der Waals surface area contributed by atoms with Crippen LogP contribution in [0, 0.1) is 13.8 Å². The van der Waals surface area contributed by atoms with E-state index in [0.29, 0.717) is 17.2 Å². The van der Waals surface area contributed by atoms with Crippen molar-refractivity contribution in [2.45, 2.75) is 26.3 Å². The summed E-state index contributed by atoms with van der Waals surface area (Å²) in [7, 11) is 3.56. The van der Waals surface area contributed by atoms with Crippen LogP contribution in [-0.2, 0) is 11.2 Å². The number of carbonyl (C=O) groups excluding carboxylic acids is 1. The molecule has 0 saturated carbocycles. The molecule has 0 radical (unpaired) electrons. The van der Waals surface area contributed by atoms with Gasteiger partial charge in [0.05, 0.1) is 7.11 Å². The highest BCUT2D eigenvalue weighted by atomic mass is 16.7. The summed E-state index contributed by atoms with van der Waals surface area (Å²) in [6.07, 6.45) is 0.826. The summed E-state index contributed by atoms with van der Waals surface area (Å²) < 4.78 is 16.8. The van der Waals surface area contributed by atoms with Crippen LogP contribution in [-0.4, -0.2) is 38.3 Å². The lowest BCUT2D eigenvalue weighted by atomic mass is 9.90. The minimum absolute atomic E-state index is 0.0844. The Labute approximate surface area is 159 Å². The highest BCUT2D eigenvalue weighted by Gasteiger charge is 2.37. The molecule has 0 aromatic heterocycles. The fourth-order valence-corrected chi connectivity index (χ4v) is 3.79. The van der Waals surface area contributed by atoms with Crippen LogP contribution >= 0.6 is 0 Å². The Bertz CT molecular complexity index is 910. The number of nitrogens with one attached hydrogen (secondary N) is 1.